The number of rotatable bonds is 4. The molecule has 82 valence electrons. The fourth-order valence-corrected chi connectivity index (χ4v) is 2.39. The Morgan fingerprint density at radius 1 is 1.14 bits per heavy atom. The number of hydrogen-bond acceptors (Lipinski definition) is 1. The molecule has 1 fully saturated rings. The maximum absolute atomic E-state index is 3.81. The molecule has 0 aliphatic heterocycles. The summed E-state index contributed by atoms with van der Waals surface area (Å²) in [6, 6.07) is 1.20. The predicted octanol–water partition coefficient (Wildman–Crippen LogP) is 3.37. The SMILES string of the molecule is C=CC(C)NC1CCC(C(C)C)CC1. The van der Waals surface area contributed by atoms with Crippen LogP contribution in [-0.4, -0.2) is 12.1 Å². The molecular weight excluding hydrogens is 170 g/mol. The van der Waals surface area contributed by atoms with E-state index in [1.807, 2.05) is 6.08 Å². The Balaban J connectivity index is 2.25. The minimum Gasteiger partial charge on any atom is -0.308 e. The first kappa shape index (κ1) is 11.8. The van der Waals surface area contributed by atoms with Crippen LogP contribution in [0.1, 0.15) is 46.5 Å². The first-order valence-corrected chi connectivity index (χ1v) is 6.02. The van der Waals surface area contributed by atoms with Crippen LogP contribution in [-0.2, 0) is 0 Å². The molecule has 0 amide bonds. The third-order valence-corrected chi connectivity index (χ3v) is 3.57. The minimum atomic E-state index is 0.468. The summed E-state index contributed by atoms with van der Waals surface area (Å²) in [7, 11) is 0. The van der Waals surface area contributed by atoms with Gasteiger partial charge in [-0.3, -0.25) is 0 Å². The molecule has 1 atom stereocenters. The van der Waals surface area contributed by atoms with Crippen LogP contribution in [0.4, 0.5) is 0 Å². The van der Waals surface area contributed by atoms with Gasteiger partial charge in [-0.2, -0.15) is 0 Å². The molecule has 0 aromatic carbocycles. The lowest BCUT2D eigenvalue weighted by Gasteiger charge is -2.32. The second-order valence-corrected chi connectivity index (χ2v) is 5.05. The fraction of sp³-hybridized carbons (Fsp3) is 0.846. The van der Waals surface area contributed by atoms with E-state index in [1.54, 1.807) is 0 Å². The zero-order valence-electron chi connectivity index (χ0n) is 9.92. The highest BCUT2D eigenvalue weighted by molar-refractivity contribution is 4.87. The number of nitrogens with one attached hydrogen (secondary N) is 1. The van der Waals surface area contributed by atoms with Crippen molar-refractivity contribution in [3.05, 3.63) is 12.7 Å². The Hall–Kier alpha value is -0.300. The smallest absolute Gasteiger partial charge is 0.0221 e. The molecule has 1 saturated carbocycles. The van der Waals surface area contributed by atoms with Crippen LogP contribution in [0.2, 0.25) is 0 Å². The van der Waals surface area contributed by atoms with E-state index in [2.05, 4.69) is 32.7 Å². The molecule has 0 aromatic rings. The quantitative estimate of drug-likeness (QED) is 0.678. The molecule has 0 bridgehead atoms. The van der Waals surface area contributed by atoms with Gasteiger partial charge in [0.2, 0.25) is 0 Å². The topological polar surface area (TPSA) is 12.0 Å². The van der Waals surface area contributed by atoms with E-state index in [0.29, 0.717) is 6.04 Å². The van der Waals surface area contributed by atoms with Crippen molar-refractivity contribution in [3.63, 3.8) is 0 Å². The van der Waals surface area contributed by atoms with E-state index in [0.717, 1.165) is 17.9 Å². The molecule has 1 rings (SSSR count). The van der Waals surface area contributed by atoms with Gasteiger partial charge in [-0.15, -0.1) is 6.58 Å². The Labute approximate surface area is 89.0 Å². The lowest BCUT2D eigenvalue weighted by Crippen LogP contribution is -2.38. The summed E-state index contributed by atoms with van der Waals surface area (Å²) < 4.78 is 0. The van der Waals surface area contributed by atoms with Gasteiger partial charge in [0.15, 0.2) is 0 Å². The number of hydrogen-bond donors (Lipinski definition) is 1. The van der Waals surface area contributed by atoms with Gasteiger partial charge >= 0.3 is 0 Å². The highest BCUT2D eigenvalue weighted by Gasteiger charge is 2.23. The maximum Gasteiger partial charge on any atom is 0.0221 e. The van der Waals surface area contributed by atoms with Crippen molar-refractivity contribution in [2.75, 3.05) is 0 Å². The van der Waals surface area contributed by atoms with Crippen LogP contribution in [0.15, 0.2) is 12.7 Å². The van der Waals surface area contributed by atoms with E-state index in [-0.39, 0.29) is 0 Å². The van der Waals surface area contributed by atoms with Crippen molar-refractivity contribution >= 4 is 0 Å². The molecular formula is C13H25N. The first-order valence-electron chi connectivity index (χ1n) is 6.02. The Morgan fingerprint density at radius 3 is 2.14 bits per heavy atom. The molecule has 1 aliphatic carbocycles. The van der Waals surface area contributed by atoms with Crippen molar-refractivity contribution in [1.82, 2.24) is 5.32 Å². The van der Waals surface area contributed by atoms with Crippen LogP contribution in [0.3, 0.4) is 0 Å². The van der Waals surface area contributed by atoms with E-state index < -0.39 is 0 Å². The van der Waals surface area contributed by atoms with Crippen LogP contribution in [0, 0.1) is 11.8 Å². The van der Waals surface area contributed by atoms with E-state index >= 15 is 0 Å². The zero-order chi connectivity index (χ0) is 10.6. The minimum absolute atomic E-state index is 0.468. The third-order valence-electron chi connectivity index (χ3n) is 3.57. The molecule has 14 heavy (non-hydrogen) atoms. The van der Waals surface area contributed by atoms with Gasteiger partial charge in [-0.1, -0.05) is 19.9 Å². The van der Waals surface area contributed by atoms with Gasteiger partial charge < -0.3 is 5.32 Å². The Morgan fingerprint density at radius 2 is 1.71 bits per heavy atom. The summed E-state index contributed by atoms with van der Waals surface area (Å²) in [4.78, 5) is 0. The van der Waals surface area contributed by atoms with Crippen molar-refractivity contribution < 1.29 is 0 Å². The standard InChI is InChI=1S/C13H25N/c1-5-11(4)14-13-8-6-12(7-9-13)10(2)3/h5,10-14H,1,6-9H2,2-4H3. The van der Waals surface area contributed by atoms with Gasteiger partial charge in [0.25, 0.3) is 0 Å². The summed E-state index contributed by atoms with van der Waals surface area (Å²) in [6.07, 6.45) is 7.50. The van der Waals surface area contributed by atoms with Crippen molar-refractivity contribution in [2.45, 2.75) is 58.5 Å². The molecule has 1 N–H and O–H groups in total. The van der Waals surface area contributed by atoms with Crippen LogP contribution < -0.4 is 5.32 Å². The second-order valence-electron chi connectivity index (χ2n) is 5.05. The molecule has 1 nitrogen and oxygen atoms in total. The Kier molecular flexibility index (Phi) is 4.67. The van der Waals surface area contributed by atoms with Crippen molar-refractivity contribution in [3.8, 4) is 0 Å². The highest BCUT2D eigenvalue weighted by atomic mass is 14.9. The largest absolute Gasteiger partial charge is 0.308 e. The second kappa shape index (κ2) is 5.55. The molecule has 0 saturated heterocycles. The average Bonchev–Trinajstić information content (AvgIpc) is 2.18. The van der Waals surface area contributed by atoms with Crippen molar-refractivity contribution in [1.29, 1.82) is 0 Å². The molecule has 0 radical (unpaired) electrons. The summed E-state index contributed by atoms with van der Waals surface area (Å²) in [6.45, 7) is 10.7. The van der Waals surface area contributed by atoms with Crippen molar-refractivity contribution in [2.24, 2.45) is 11.8 Å². The molecule has 1 aliphatic rings. The summed E-state index contributed by atoms with van der Waals surface area (Å²) in [5.41, 5.74) is 0. The molecule has 0 spiro atoms. The van der Waals surface area contributed by atoms with E-state index in [9.17, 15) is 0 Å². The van der Waals surface area contributed by atoms with Gasteiger partial charge in [-0.05, 0) is 44.4 Å². The highest BCUT2D eigenvalue weighted by Crippen LogP contribution is 2.29. The molecule has 1 heteroatoms. The predicted molar refractivity (Wildman–Crippen MR) is 63.4 cm³/mol. The third kappa shape index (κ3) is 3.45. The van der Waals surface area contributed by atoms with Crippen LogP contribution >= 0.6 is 0 Å². The molecule has 1 unspecified atom stereocenters. The maximum atomic E-state index is 3.81. The van der Waals surface area contributed by atoms with E-state index in [4.69, 9.17) is 0 Å². The fourth-order valence-electron chi connectivity index (χ4n) is 2.39. The Bertz CT molecular complexity index is 166. The van der Waals surface area contributed by atoms with Gasteiger partial charge in [-0.25, -0.2) is 0 Å². The van der Waals surface area contributed by atoms with Gasteiger partial charge in [0, 0.05) is 12.1 Å². The summed E-state index contributed by atoms with van der Waals surface area (Å²) >= 11 is 0. The molecule has 0 aromatic heterocycles. The zero-order valence-corrected chi connectivity index (χ0v) is 9.92. The summed E-state index contributed by atoms with van der Waals surface area (Å²) in [5.74, 6) is 1.83. The lowest BCUT2D eigenvalue weighted by atomic mass is 9.79. The monoisotopic (exact) mass is 195 g/mol. The van der Waals surface area contributed by atoms with Crippen LogP contribution in [0.25, 0.3) is 0 Å². The summed E-state index contributed by atoms with van der Waals surface area (Å²) in [5, 5.41) is 3.61. The van der Waals surface area contributed by atoms with Gasteiger partial charge in [0.05, 0.1) is 0 Å². The molecule has 0 heterocycles. The first-order chi connectivity index (χ1) is 6.63. The normalized spacial score (nSPS) is 30.3. The van der Waals surface area contributed by atoms with Crippen LogP contribution in [0.5, 0.6) is 0 Å². The van der Waals surface area contributed by atoms with E-state index in [1.165, 1.54) is 25.7 Å². The lowest BCUT2D eigenvalue weighted by molar-refractivity contribution is 0.235. The van der Waals surface area contributed by atoms with Gasteiger partial charge in [0.1, 0.15) is 0 Å². The average molecular weight is 195 g/mol.